The highest BCUT2D eigenvalue weighted by atomic mass is 79.9. The zero-order valence-electron chi connectivity index (χ0n) is 8.96. The number of aromatic amines is 1. The molecule has 0 amide bonds. The number of aromatic nitrogens is 2. The van der Waals surface area contributed by atoms with Gasteiger partial charge in [-0.1, -0.05) is 28.1 Å². The third-order valence-electron chi connectivity index (χ3n) is 2.35. The number of nitrogens with zero attached hydrogens (tertiary/aromatic N) is 1. The minimum Gasteiger partial charge on any atom is -0.291 e. The minimum absolute atomic E-state index is 0.0716. The Morgan fingerprint density at radius 1 is 1.22 bits per heavy atom. The van der Waals surface area contributed by atoms with Gasteiger partial charge in [0.1, 0.15) is 5.69 Å². The third kappa shape index (κ3) is 2.84. The number of benzene rings is 1. The van der Waals surface area contributed by atoms with Gasteiger partial charge in [-0.05, 0) is 17.7 Å². The fourth-order valence-electron chi connectivity index (χ4n) is 1.47. The van der Waals surface area contributed by atoms with Crippen LogP contribution >= 0.6 is 15.9 Å². The molecule has 96 valence electrons. The van der Waals surface area contributed by atoms with Crippen LogP contribution in [0, 0.1) is 0 Å². The Hall–Kier alpha value is -1.50. The van der Waals surface area contributed by atoms with E-state index in [1.165, 1.54) is 0 Å². The van der Waals surface area contributed by atoms with E-state index in [-0.39, 0.29) is 6.54 Å². The fraction of sp³-hybridized carbons (Fsp3) is 0.182. The maximum atomic E-state index is 12.4. The first-order valence-corrected chi connectivity index (χ1v) is 5.77. The van der Waals surface area contributed by atoms with Crippen LogP contribution in [0.15, 0.2) is 39.6 Å². The monoisotopic (exact) mass is 320 g/mol. The third-order valence-corrected chi connectivity index (χ3v) is 2.88. The summed E-state index contributed by atoms with van der Waals surface area (Å²) in [6.45, 7) is 0.0716. The summed E-state index contributed by atoms with van der Waals surface area (Å²) in [6, 6.07) is 7.52. The molecule has 7 heteroatoms. The lowest BCUT2D eigenvalue weighted by molar-refractivity contribution is -0.141. The largest absolute Gasteiger partial charge is 0.432 e. The van der Waals surface area contributed by atoms with E-state index in [0.717, 1.165) is 14.7 Å². The van der Waals surface area contributed by atoms with Crippen LogP contribution in [0.4, 0.5) is 13.2 Å². The zero-order valence-corrected chi connectivity index (χ0v) is 10.5. The number of hydrogen-bond donors (Lipinski definition) is 1. The first kappa shape index (κ1) is 12.9. The molecule has 3 nitrogen and oxygen atoms in total. The van der Waals surface area contributed by atoms with Crippen molar-refractivity contribution in [2.75, 3.05) is 0 Å². The number of halogens is 4. The Kier molecular flexibility index (Phi) is 3.34. The molecule has 1 heterocycles. The number of rotatable bonds is 2. The molecule has 18 heavy (non-hydrogen) atoms. The fourth-order valence-corrected chi connectivity index (χ4v) is 1.73. The van der Waals surface area contributed by atoms with Crippen molar-refractivity contribution in [2.24, 2.45) is 0 Å². The molecule has 0 aliphatic rings. The molecule has 0 unspecified atom stereocenters. The normalized spacial score (nSPS) is 11.8. The highest BCUT2D eigenvalue weighted by Crippen LogP contribution is 2.26. The Morgan fingerprint density at radius 2 is 1.83 bits per heavy atom. The zero-order chi connectivity index (χ0) is 13.3. The molecule has 2 aromatic rings. The van der Waals surface area contributed by atoms with Crippen LogP contribution in [0.5, 0.6) is 0 Å². The average molecular weight is 321 g/mol. The first-order valence-electron chi connectivity index (χ1n) is 4.98. The Bertz CT molecular complexity index is 598. The van der Waals surface area contributed by atoms with E-state index in [2.05, 4.69) is 21.0 Å². The molecular weight excluding hydrogens is 313 g/mol. The molecule has 1 aromatic heterocycles. The summed E-state index contributed by atoms with van der Waals surface area (Å²) in [4.78, 5) is 11.4. The molecule has 0 saturated carbocycles. The Morgan fingerprint density at radius 3 is 2.33 bits per heavy atom. The van der Waals surface area contributed by atoms with Crippen LogP contribution in [-0.2, 0) is 12.7 Å². The molecule has 2 rings (SSSR count). The topological polar surface area (TPSA) is 37.8 Å². The molecule has 0 aliphatic heterocycles. The molecule has 0 aliphatic carbocycles. The van der Waals surface area contributed by atoms with Crippen molar-refractivity contribution in [3.63, 3.8) is 0 Å². The van der Waals surface area contributed by atoms with Gasteiger partial charge in [0.15, 0.2) is 0 Å². The van der Waals surface area contributed by atoms with Crippen LogP contribution in [0.1, 0.15) is 11.3 Å². The van der Waals surface area contributed by atoms with Gasteiger partial charge in [0.25, 0.3) is 5.56 Å². The molecular formula is C11H8BrF3N2O. The lowest BCUT2D eigenvalue weighted by atomic mass is 10.2. The lowest BCUT2D eigenvalue weighted by Crippen LogP contribution is -2.16. The van der Waals surface area contributed by atoms with Gasteiger partial charge in [-0.3, -0.25) is 9.89 Å². The Labute approximate surface area is 108 Å². The second-order valence-corrected chi connectivity index (χ2v) is 4.63. The van der Waals surface area contributed by atoms with Crippen molar-refractivity contribution in [1.29, 1.82) is 0 Å². The molecule has 0 bridgehead atoms. The molecule has 1 aromatic carbocycles. The van der Waals surface area contributed by atoms with Crippen molar-refractivity contribution in [3.8, 4) is 0 Å². The van der Waals surface area contributed by atoms with Gasteiger partial charge < -0.3 is 0 Å². The summed E-state index contributed by atoms with van der Waals surface area (Å²) < 4.78 is 38.9. The average Bonchev–Trinajstić information content (AvgIpc) is 2.63. The molecule has 1 N–H and O–H groups in total. The highest BCUT2D eigenvalue weighted by Gasteiger charge is 2.33. The van der Waals surface area contributed by atoms with Gasteiger partial charge in [-0.2, -0.15) is 13.2 Å². The van der Waals surface area contributed by atoms with Gasteiger partial charge >= 0.3 is 6.18 Å². The van der Waals surface area contributed by atoms with E-state index in [4.69, 9.17) is 0 Å². The maximum Gasteiger partial charge on any atom is 0.432 e. The predicted octanol–water partition coefficient (Wildman–Crippen LogP) is 3.01. The van der Waals surface area contributed by atoms with Crippen molar-refractivity contribution in [1.82, 2.24) is 9.78 Å². The number of hydrogen-bond acceptors (Lipinski definition) is 1. The predicted molar refractivity (Wildman–Crippen MR) is 63.3 cm³/mol. The number of alkyl halides is 3. The van der Waals surface area contributed by atoms with Crippen molar-refractivity contribution in [2.45, 2.75) is 12.7 Å². The van der Waals surface area contributed by atoms with Crippen LogP contribution in [0.3, 0.4) is 0 Å². The van der Waals surface area contributed by atoms with Crippen molar-refractivity contribution in [3.05, 3.63) is 56.4 Å². The molecule has 0 spiro atoms. The summed E-state index contributed by atoms with van der Waals surface area (Å²) in [5.74, 6) is 0. The smallest absolute Gasteiger partial charge is 0.291 e. The lowest BCUT2D eigenvalue weighted by Gasteiger charge is -2.04. The van der Waals surface area contributed by atoms with Crippen LogP contribution < -0.4 is 5.56 Å². The molecule has 0 atom stereocenters. The van der Waals surface area contributed by atoms with Crippen LogP contribution in [-0.4, -0.2) is 9.78 Å². The van der Waals surface area contributed by atoms with Gasteiger partial charge in [0.05, 0.1) is 6.54 Å². The number of nitrogens with one attached hydrogen (secondary N) is 1. The molecule has 0 fully saturated rings. The van der Waals surface area contributed by atoms with Gasteiger partial charge in [-0.15, -0.1) is 0 Å². The van der Waals surface area contributed by atoms with Crippen molar-refractivity contribution >= 4 is 15.9 Å². The van der Waals surface area contributed by atoms with Crippen LogP contribution in [0.2, 0.25) is 0 Å². The maximum absolute atomic E-state index is 12.4. The SMILES string of the molecule is O=c1cc(C(F)(F)F)[nH]n1Cc1ccc(Br)cc1. The van der Waals surface area contributed by atoms with E-state index in [9.17, 15) is 18.0 Å². The first-order chi connectivity index (χ1) is 8.36. The van der Waals surface area contributed by atoms with Gasteiger partial charge in [-0.25, -0.2) is 4.68 Å². The standard InChI is InChI=1S/C11H8BrF3N2O/c12-8-3-1-7(2-4-8)6-17-10(18)5-9(16-17)11(13,14)15/h1-5,16H,6H2. The summed E-state index contributed by atoms with van der Waals surface area (Å²) in [5, 5.41) is 2.05. The molecule has 0 radical (unpaired) electrons. The quantitative estimate of drug-likeness (QED) is 0.907. The van der Waals surface area contributed by atoms with E-state index in [1.54, 1.807) is 24.3 Å². The minimum atomic E-state index is -4.54. The van der Waals surface area contributed by atoms with Crippen molar-refractivity contribution < 1.29 is 13.2 Å². The van der Waals surface area contributed by atoms with Gasteiger partial charge in [0, 0.05) is 10.5 Å². The Balaban J connectivity index is 2.27. The van der Waals surface area contributed by atoms with E-state index in [0.29, 0.717) is 6.07 Å². The van der Waals surface area contributed by atoms with Gasteiger partial charge in [0.2, 0.25) is 0 Å². The van der Waals surface area contributed by atoms with E-state index < -0.39 is 17.4 Å². The van der Waals surface area contributed by atoms with E-state index in [1.807, 2.05) is 0 Å². The number of H-pyrrole nitrogens is 1. The summed E-state index contributed by atoms with van der Waals surface area (Å²) >= 11 is 3.25. The second kappa shape index (κ2) is 4.64. The van der Waals surface area contributed by atoms with Crippen LogP contribution in [0.25, 0.3) is 0 Å². The second-order valence-electron chi connectivity index (χ2n) is 3.72. The summed E-state index contributed by atoms with van der Waals surface area (Å²) in [6.07, 6.45) is -4.54. The molecule has 0 saturated heterocycles. The highest BCUT2D eigenvalue weighted by molar-refractivity contribution is 9.10. The summed E-state index contributed by atoms with van der Waals surface area (Å²) in [7, 11) is 0. The van der Waals surface area contributed by atoms with E-state index >= 15 is 0 Å². The summed E-state index contributed by atoms with van der Waals surface area (Å²) in [5.41, 5.74) is -1.01.